The highest BCUT2D eigenvalue weighted by atomic mass is 35.5. The Morgan fingerprint density at radius 3 is 2.71 bits per heavy atom. The van der Waals surface area contributed by atoms with Crippen molar-refractivity contribution in [1.82, 2.24) is 4.98 Å². The van der Waals surface area contributed by atoms with Crippen LogP contribution in [-0.2, 0) is 6.61 Å². The molecular weight excluding hydrogens is 218 g/mol. The molecule has 0 N–H and O–H groups in total. The van der Waals surface area contributed by atoms with Gasteiger partial charge in [0, 0.05) is 16.6 Å². The number of thiazole rings is 1. The maximum atomic E-state index is 5.75. The van der Waals surface area contributed by atoms with E-state index in [1.54, 1.807) is 29.7 Å². The lowest BCUT2D eigenvalue weighted by Gasteiger charge is -2.02. The van der Waals surface area contributed by atoms with Gasteiger partial charge < -0.3 is 4.74 Å². The summed E-state index contributed by atoms with van der Waals surface area (Å²) in [6.45, 7) is 0.513. The molecule has 72 valence electrons. The maximum Gasteiger partial charge on any atom is 0.140 e. The van der Waals surface area contributed by atoms with Crippen molar-refractivity contribution in [1.29, 1.82) is 0 Å². The minimum atomic E-state index is 0.513. The van der Waals surface area contributed by atoms with E-state index in [0.717, 1.165) is 10.8 Å². The standard InChI is InChI=1S/C10H8ClNOS/c11-8-1-3-9(4-2-8)13-7-10-12-5-6-14-10/h1-6H,7H2. The Bertz CT molecular complexity index is 385. The van der Waals surface area contributed by atoms with E-state index in [1.807, 2.05) is 17.5 Å². The minimum Gasteiger partial charge on any atom is -0.486 e. The molecule has 14 heavy (non-hydrogen) atoms. The van der Waals surface area contributed by atoms with Crippen LogP contribution < -0.4 is 4.74 Å². The number of halogens is 1. The Morgan fingerprint density at radius 2 is 2.07 bits per heavy atom. The van der Waals surface area contributed by atoms with Crippen molar-refractivity contribution in [3.63, 3.8) is 0 Å². The summed E-state index contributed by atoms with van der Waals surface area (Å²) < 4.78 is 5.49. The van der Waals surface area contributed by atoms with Gasteiger partial charge in [-0.3, -0.25) is 0 Å². The first-order valence-electron chi connectivity index (χ1n) is 4.11. The second-order valence-corrected chi connectivity index (χ2v) is 4.08. The zero-order valence-corrected chi connectivity index (χ0v) is 8.89. The molecule has 0 spiro atoms. The van der Waals surface area contributed by atoms with Crippen LogP contribution in [0.3, 0.4) is 0 Å². The molecule has 1 aromatic carbocycles. The highest BCUT2D eigenvalue weighted by Crippen LogP contribution is 2.17. The van der Waals surface area contributed by atoms with Gasteiger partial charge in [-0.1, -0.05) is 11.6 Å². The highest BCUT2D eigenvalue weighted by molar-refractivity contribution is 7.09. The third kappa shape index (κ3) is 2.47. The van der Waals surface area contributed by atoms with Gasteiger partial charge in [0.2, 0.25) is 0 Å². The van der Waals surface area contributed by atoms with Crippen molar-refractivity contribution in [2.24, 2.45) is 0 Å². The second-order valence-electron chi connectivity index (χ2n) is 2.67. The molecule has 2 nitrogen and oxygen atoms in total. The van der Waals surface area contributed by atoms with Gasteiger partial charge in [-0.25, -0.2) is 4.98 Å². The lowest BCUT2D eigenvalue weighted by molar-refractivity contribution is 0.305. The summed E-state index contributed by atoms with van der Waals surface area (Å²) >= 11 is 7.33. The summed E-state index contributed by atoms with van der Waals surface area (Å²) in [5, 5.41) is 3.62. The Hall–Kier alpha value is -1.06. The Labute approximate surface area is 91.1 Å². The first-order chi connectivity index (χ1) is 6.84. The van der Waals surface area contributed by atoms with Gasteiger partial charge in [0.25, 0.3) is 0 Å². The Morgan fingerprint density at radius 1 is 1.29 bits per heavy atom. The molecule has 0 saturated carbocycles. The molecule has 0 fully saturated rings. The number of benzene rings is 1. The summed E-state index contributed by atoms with van der Waals surface area (Å²) in [6.07, 6.45) is 1.77. The number of hydrogen-bond donors (Lipinski definition) is 0. The molecule has 2 rings (SSSR count). The second kappa shape index (κ2) is 4.44. The van der Waals surface area contributed by atoms with Crippen molar-refractivity contribution in [2.75, 3.05) is 0 Å². The van der Waals surface area contributed by atoms with Crippen LogP contribution in [0.5, 0.6) is 5.75 Å². The Balaban J connectivity index is 1.95. The molecule has 1 aromatic heterocycles. The molecule has 0 saturated heterocycles. The molecule has 1 heterocycles. The highest BCUT2D eigenvalue weighted by Gasteiger charge is 1.97. The molecule has 0 aliphatic carbocycles. The number of nitrogens with zero attached hydrogens (tertiary/aromatic N) is 1. The van der Waals surface area contributed by atoms with Gasteiger partial charge in [0.15, 0.2) is 0 Å². The van der Waals surface area contributed by atoms with E-state index in [4.69, 9.17) is 16.3 Å². The molecule has 2 aromatic rings. The monoisotopic (exact) mass is 225 g/mol. The summed E-state index contributed by atoms with van der Waals surface area (Å²) in [5.74, 6) is 0.810. The van der Waals surface area contributed by atoms with Crippen LogP contribution in [0, 0.1) is 0 Å². The summed E-state index contributed by atoms with van der Waals surface area (Å²) in [6, 6.07) is 7.29. The number of ether oxygens (including phenoxy) is 1. The molecule has 4 heteroatoms. The third-order valence-electron chi connectivity index (χ3n) is 1.66. The van der Waals surface area contributed by atoms with Gasteiger partial charge in [-0.2, -0.15) is 0 Å². The van der Waals surface area contributed by atoms with Crippen LogP contribution >= 0.6 is 22.9 Å². The number of rotatable bonds is 3. The average Bonchev–Trinajstić information content (AvgIpc) is 2.70. The van der Waals surface area contributed by atoms with Crippen LogP contribution in [0.25, 0.3) is 0 Å². The van der Waals surface area contributed by atoms with E-state index >= 15 is 0 Å². The van der Waals surface area contributed by atoms with E-state index in [9.17, 15) is 0 Å². The van der Waals surface area contributed by atoms with Crippen molar-refractivity contribution >= 4 is 22.9 Å². The molecule has 0 atom stereocenters. The van der Waals surface area contributed by atoms with Crippen LogP contribution in [-0.4, -0.2) is 4.98 Å². The van der Waals surface area contributed by atoms with Crippen molar-refractivity contribution < 1.29 is 4.74 Å². The van der Waals surface area contributed by atoms with Crippen LogP contribution in [0.2, 0.25) is 5.02 Å². The normalized spacial score (nSPS) is 10.1. The molecule has 0 aliphatic heterocycles. The molecule has 0 amide bonds. The van der Waals surface area contributed by atoms with Gasteiger partial charge in [-0.15, -0.1) is 11.3 Å². The molecule has 0 radical (unpaired) electrons. The van der Waals surface area contributed by atoms with E-state index in [1.165, 1.54) is 0 Å². The molecule has 0 unspecified atom stereocenters. The summed E-state index contributed by atoms with van der Waals surface area (Å²) in [4.78, 5) is 4.12. The zero-order valence-electron chi connectivity index (χ0n) is 7.31. The lowest BCUT2D eigenvalue weighted by atomic mass is 10.3. The fourth-order valence-electron chi connectivity index (χ4n) is 1.00. The van der Waals surface area contributed by atoms with Crippen LogP contribution in [0.4, 0.5) is 0 Å². The topological polar surface area (TPSA) is 22.1 Å². The average molecular weight is 226 g/mol. The van der Waals surface area contributed by atoms with Gasteiger partial charge in [0.1, 0.15) is 17.4 Å². The summed E-state index contributed by atoms with van der Waals surface area (Å²) in [7, 11) is 0. The number of aromatic nitrogens is 1. The summed E-state index contributed by atoms with van der Waals surface area (Å²) in [5.41, 5.74) is 0. The van der Waals surface area contributed by atoms with Crippen molar-refractivity contribution in [2.45, 2.75) is 6.61 Å². The largest absolute Gasteiger partial charge is 0.486 e. The molecule has 0 aliphatic rings. The zero-order chi connectivity index (χ0) is 9.80. The molecular formula is C10H8ClNOS. The smallest absolute Gasteiger partial charge is 0.140 e. The fraction of sp³-hybridized carbons (Fsp3) is 0.100. The predicted molar refractivity (Wildman–Crippen MR) is 57.9 cm³/mol. The lowest BCUT2D eigenvalue weighted by Crippen LogP contribution is -1.93. The van der Waals surface area contributed by atoms with E-state index < -0.39 is 0 Å². The maximum absolute atomic E-state index is 5.75. The first kappa shape index (κ1) is 9.49. The third-order valence-corrected chi connectivity index (χ3v) is 2.66. The Kier molecular flexibility index (Phi) is 3.01. The first-order valence-corrected chi connectivity index (χ1v) is 5.37. The minimum absolute atomic E-state index is 0.513. The van der Waals surface area contributed by atoms with Crippen LogP contribution in [0.15, 0.2) is 35.8 Å². The molecule has 0 bridgehead atoms. The van der Waals surface area contributed by atoms with Gasteiger partial charge in [-0.05, 0) is 24.3 Å². The van der Waals surface area contributed by atoms with E-state index in [-0.39, 0.29) is 0 Å². The van der Waals surface area contributed by atoms with Crippen LogP contribution in [0.1, 0.15) is 5.01 Å². The van der Waals surface area contributed by atoms with Crippen molar-refractivity contribution in [3.05, 3.63) is 45.9 Å². The fourth-order valence-corrected chi connectivity index (χ4v) is 1.65. The van der Waals surface area contributed by atoms with Gasteiger partial charge in [0.05, 0.1) is 0 Å². The van der Waals surface area contributed by atoms with Crippen molar-refractivity contribution in [3.8, 4) is 5.75 Å². The number of hydrogen-bond acceptors (Lipinski definition) is 3. The quantitative estimate of drug-likeness (QED) is 0.799. The van der Waals surface area contributed by atoms with E-state index in [2.05, 4.69) is 4.98 Å². The van der Waals surface area contributed by atoms with E-state index in [0.29, 0.717) is 11.6 Å². The van der Waals surface area contributed by atoms with Gasteiger partial charge >= 0.3 is 0 Å². The SMILES string of the molecule is Clc1ccc(OCc2nccs2)cc1. The predicted octanol–water partition coefficient (Wildman–Crippen LogP) is 3.38.